The first-order chi connectivity index (χ1) is 11.6. The number of hydrogen-bond acceptors (Lipinski definition) is 5. The van der Waals surface area contributed by atoms with Crippen LogP contribution in [0.2, 0.25) is 0 Å². The maximum atomic E-state index is 5.32. The molecule has 2 aromatic heterocycles. The molecule has 3 aromatic rings. The topological polar surface area (TPSA) is 60.0 Å². The number of para-hydroxylation sites is 1. The van der Waals surface area contributed by atoms with E-state index in [1.54, 1.807) is 0 Å². The van der Waals surface area contributed by atoms with E-state index in [0.717, 1.165) is 30.0 Å². The minimum atomic E-state index is 0.525. The highest BCUT2D eigenvalue weighted by atomic mass is 16.5. The lowest BCUT2D eigenvalue weighted by Crippen LogP contribution is -2.17. The third kappa shape index (κ3) is 4.29. The van der Waals surface area contributed by atoms with Crippen LogP contribution in [0.5, 0.6) is 0 Å². The summed E-state index contributed by atoms with van der Waals surface area (Å²) < 4.78 is 7.21. The fraction of sp³-hybridized carbons (Fsp3) is 0.389. The molecule has 0 aliphatic heterocycles. The van der Waals surface area contributed by atoms with Crippen molar-refractivity contribution in [2.24, 2.45) is 5.92 Å². The summed E-state index contributed by atoms with van der Waals surface area (Å²) in [6.45, 7) is 5.69. The van der Waals surface area contributed by atoms with Crippen LogP contribution in [-0.2, 0) is 19.5 Å². The highest BCUT2D eigenvalue weighted by Crippen LogP contribution is 2.11. The third-order valence-corrected chi connectivity index (χ3v) is 3.62. The first kappa shape index (κ1) is 16.4. The quantitative estimate of drug-likeness (QED) is 0.668. The molecule has 0 amide bonds. The molecule has 0 saturated heterocycles. The van der Waals surface area contributed by atoms with E-state index in [1.165, 1.54) is 0 Å². The van der Waals surface area contributed by atoms with E-state index in [1.807, 2.05) is 54.5 Å². The summed E-state index contributed by atoms with van der Waals surface area (Å²) in [7, 11) is 2.03. The Balaban J connectivity index is 1.58. The lowest BCUT2D eigenvalue weighted by molar-refractivity contribution is 0.260. The molecule has 1 aromatic carbocycles. The van der Waals surface area contributed by atoms with Gasteiger partial charge in [0.05, 0.1) is 18.4 Å². The first-order valence-electron chi connectivity index (χ1n) is 8.19. The lowest BCUT2D eigenvalue weighted by Gasteiger charge is -2.12. The van der Waals surface area contributed by atoms with Crippen molar-refractivity contribution in [1.82, 2.24) is 24.8 Å². The first-order valence-corrected chi connectivity index (χ1v) is 8.19. The van der Waals surface area contributed by atoms with E-state index in [2.05, 4.69) is 34.0 Å². The van der Waals surface area contributed by atoms with Crippen LogP contribution in [0.1, 0.15) is 31.1 Å². The largest absolute Gasteiger partial charge is 0.338 e. The predicted octanol–water partition coefficient (Wildman–Crippen LogP) is 3.09. The molecule has 0 N–H and O–H groups in total. The Kier molecular flexibility index (Phi) is 5.05. The normalized spacial score (nSPS) is 11.5. The molecule has 126 valence electrons. The van der Waals surface area contributed by atoms with Crippen molar-refractivity contribution in [3.05, 3.63) is 60.0 Å². The van der Waals surface area contributed by atoms with E-state index in [-0.39, 0.29) is 0 Å². The van der Waals surface area contributed by atoms with E-state index < -0.39 is 0 Å². The van der Waals surface area contributed by atoms with Crippen molar-refractivity contribution in [2.75, 3.05) is 7.05 Å². The Morgan fingerprint density at radius 3 is 2.71 bits per heavy atom. The number of benzene rings is 1. The van der Waals surface area contributed by atoms with Crippen molar-refractivity contribution in [1.29, 1.82) is 0 Å². The summed E-state index contributed by atoms with van der Waals surface area (Å²) in [6, 6.07) is 10.1. The standard InChI is InChI=1S/C18H23N5O/c1-14(2)9-17-20-18(24-21-17)13-22(3)11-15-10-19-23(12-15)16-7-5-4-6-8-16/h4-8,10,12,14H,9,11,13H2,1-3H3. The second-order valence-electron chi connectivity index (χ2n) is 6.50. The molecule has 3 rings (SSSR count). The molecule has 0 fully saturated rings. The number of rotatable bonds is 7. The zero-order chi connectivity index (χ0) is 16.9. The van der Waals surface area contributed by atoms with Gasteiger partial charge in [-0.25, -0.2) is 4.68 Å². The van der Waals surface area contributed by atoms with Crippen LogP contribution in [0, 0.1) is 5.92 Å². The van der Waals surface area contributed by atoms with Gasteiger partial charge in [0.25, 0.3) is 0 Å². The van der Waals surface area contributed by atoms with Crippen molar-refractivity contribution in [2.45, 2.75) is 33.4 Å². The SMILES string of the molecule is CC(C)Cc1noc(CN(C)Cc2cnn(-c3ccccc3)c2)n1. The molecule has 6 nitrogen and oxygen atoms in total. The van der Waals surface area contributed by atoms with Crippen molar-refractivity contribution in [3.8, 4) is 5.69 Å². The van der Waals surface area contributed by atoms with Crippen molar-refractivity contribution >= 4 is 0 Å². The molecule has 0 spiro atoms. The van der Waals surface area contributed by atoms with E-state index in [4.69, 9.17) is 4.52 Å². The molecule has 0 unspecified atom stereocenters. The van der Waals surface area contributed by atoms with Crippen LogP contribution in [0.4, 0.5) is 0 Å². The summed E-state index contributed by atoms with van der Waals surface area (Å²) in [4.78, 5) is 6.58. The molecule has 0 radical (unpaired) electrons. The Morgan fingerprint density at radius 1 is 1.17 bits per heavy atom. The monoisotopic (exact) mass is 325 g/mol. The average molecular weight is 325 g/mol. The van der Waals surface area contributed by atoms with E-state index in [9.17, 15) is 0 Å². The molecule has 0 aliphatic carbocycles. The highest BCUT2D eigenvalue weighted by Gasteiger charge is 2.11. The predicted molar refractivity (Wildman–Crippen MR) is 91.6 cm³/mol. The lowest BCUT2D eigenvalue weighted by atomic mass is 10.1. The van der Waals surface area contributed by atoms with Gasteiger partial charge in [-0.1, -0.05) is 37.2 Å². The number of hydrogen-bond donors (Lipinski definition) is 0. The second kappa shape index (κ2) is 7.40. The van der Waals surface area contributed by atoms with Gasteiger partial charge in [0.2, 0.25) is 5.89 Å². The maximum Gasteiger partial charge on any atom is 0.240 e. The zero-order valence-electron chi connectivity index (χ0n) is 14.4. The van der Waals surface area contributed by atoms with E-state index >= 15 is 0 Å². The molecule has 0 aliphatic rings. The molecule has 0 atom stereocenters. The van der Waals surface area contributed by atoms with Gasteiger partial charge in [-0.15, -0.1) is 0 Å². The second-order valence-corrected chi connectivity index (χ2v) is 6.50. The molecular weight excluding hydrogens is 302 g/mol. The zero-order valence-corrected chi connectivity index (χ0v) is 14.4. The molecular formula is C18H23N5O. The molecule has 0 bridgehead atoms. The summed E-state index contributed by atoms with van der Waals surface area (Å²) in [5, 5.41) is 8.45. The minimum absolute atomic E-state index is 0.525. The van der Waals surface area contributed by atoms with Gasteiger partial charge in [0.15, 0.2) is 5.82 Å². The maximum absolute atomic E-state index is 5.32. The van der Waals surface area contributed by atoms with Crippen LogP contribution in [0.15, 0.2) is 47.2 Å². The Bertz CT molecular complexity index is 763. The van der Waals surface area contributed by atoms with Gasteiger partial charge < -0.3 is 4.52 Å². The Morgan fingerprint density at radius 2 is 1.96 bits per heavy atom. The van der Waals surface area contributed by atoms with Crippen molar-refractivity contribution < 1.29 is 4.52 Å². The highest BCUT2D eigenvalue weighted by molar-refractivity contribution is 5.30. The van der Waals surface area contributed by atoms with Gasteiger partial charge in [-0.05, 0) is 25.1 Å². The Labute approximate surface area is 142 Å². The summed E-state index contributed by atoms with van der Waals surface area (Å²) in [6.07, 6.45) is 4.78. The number of nitrogens with zero attached hydrogens (tertiary/aromatic N) is 5. The molecule has 0 saturated carbocycles. The number of aromatic nitrogens is 4. The van der Waals surface area contributed by atoms with Crippen LogP contribution >= 0.6 is 0 Å². The molecule has 24 heavy (non-hydrogen) atoms. The average Bonchev–Trinajstić information content (AvgIpc) is 3.17. The van der Waals surface area contributed by atoms with Gasteiger partial charge in [0, 0.05) is 24.7 Å². The summed E-state index contributed by atoms with van der Waals surface area (Å²) >= 11 is 0. The van der Waals surface area contributed by atoms with Crippen LogP contribution in [0.25, 0.3) is 5.69 Å². The summed E-state index contributed by atoms with van der Waals surface area (Å²) in [5.41, 5.74) is 2.20. The van der Waals surface area contributed by atoms with Gasteiger partial charge in [-0.3, -0.25) is 4.90 Å². The van der Waals surface area contributed by atoms with Gasteiger partial charge in [-0.2, -0.15) is 10.1 Å². The summed E-state index contributed by atoms with van der Waals surface area (Å²) in [5.74, 6) is 1.96. The van der Waals surface area contributed by atoms with Crippen LogP contribution in [0.3, 0.4) is 0 Å². The van der Waals surface area contributed by atoms with Crippen LogP contribution in [-0.4, -0.2) is 31.9 Å². The molecule has 6 heteroatoms. The van der Waals surface area contributed by atoms with Gasteiger partial charge >= 0.3 is 0 Å². The van der Waals surface area contributed by atoms with Gasteiger partial charge in [0.1, 0.15) is 0 Å². The Hall–Kier alpha value is -2.47. The van der Waals surface area contributed by atoms with E-state index in [0.29, 0.717) is 18.4 Å². The van der Waals surface area contributed by atoms with Crippen molar-refractivity contribution in [3.63, 3.8) is 0 Å². The fourth-order valence-electron chi connectivity index (χ4n) is 2.56. The van der Waals surface area contributed by atoms with Crippen LogP contribution < -0.4 is 0 Å². The minimum Gasteiger partial charge on any atom is -0.338 e. The fourth-order valence-corrected chi connectivity index (χ4v) is 2.56. The molecule has 2 heterocycles. The third-order valence-electron chi connectivity index (χ3n) is 3.62. The smallest absolute Gasteiger partial charge is 0.240 e.